The highest BCUT2D eigenvalue weighted by molar-refractivity contribution is 7.89. The van der Waals surface area contributed by atoms with E-state index in [1.165, 1.54) is 47.0 Å². The first-order valence-electron chi connectivity index (χ1n) is 10.6. The number of amides is 1. The predicted molar refractivity (Wildman–Crippen MR) is 127 cm³/mol. The van der Waals surface area contributed by atoms with Crippen LogP contribution in [-0.2, 0) is 30.8 Å². The standard InChI is InChI=1S/C23H25N3O6S2/c1-15-12-16(2)21-19(13-15)33-23(26(21)14-20(27)31-3)24-22(28)17-4-6-18(7-5-17)34(29,30)25-8-10-32-11-9-25/h4-7,12-13H,8-11,14H2,1-3H3. The molecule has 0 atom stereocenters. The molecule has 1 amide bonds. The topological polar surface area (TPSA) is 107 Å². The summed E-state index contributed by atoms with van der Waals surface area (Å²) in [5.41, 5.74) is 3.09. The van der Waals surface area contributed by atoms with Gasteiger partial charge >= 0.3 is 5.97 Å². The van der Waals surface area contributed by atoms with Crippen molar-refractivity contribution in [2.45, 2.75) is 25.3 Å². The lowest BCUT2D eigenvalue weighted by molar-refractivity contribution is -0.141. The molecular weight excluding hydrogens is 478 g/mol. The second-order valence-corrected chi connectivity index (χ2v) is 10.9. The molecule has 0 aliphatic carbocycles. The summed E-state index contributed by atoms with van der Waals surface area (Å²) in [7, 11) is -2.35. The molecule has 2 aromatic carbocycles. The molecule has 11 heteroatoms. The summed E-state index contributed by atoms with van der Waals surface area (Å²) in [5.74, 6) is -0.985. The molecule has 1 aromatic heterocycles. The van der Waals surface area contributed by atoms with Crippen molar-refractivity contribution < 1.29 is 27.5 Å². The maximum absolute atomic E-state index is 12.9. The number of hydrogen-bond donors (Lipinski definition) is 0. The molecule has 0 unspecified atom stereocenters. The van der Waals surface area contributed by atoms with Gasteiger partial charge in [-0.1, -0.05) is 17.4 Å². The number of fused-ring (bicyclic) bond motifs is 1. The molecule has 3 aromatic rings. The molecule has 2 heterocycles. The van der Waals surface area contributed by atoms with Crippen LogP contribution in [0.15, 0.2) is 46.3 Å². The van der Waals surface area contributed by atoms with Gasteiger partial charge < -0.3 is 14.0 Å². The van der Waals surface area contributed by atoms with E-state index >= 15 is 0 Å². The SMILES string of the molecule is COC(=O)Cn1c(=NC(=O)c2ccc(S(=O)(=O)N3CCOCC3)cc2)sc2cc(C)cc(C)c21. The van der Waals surface area contributed by atoms with Crippen LogP contribution in [0.3, 0.4) is 0 Å². The van der Waals surface area contributed by atoms with Gasteiger partial charge in [-0.2, -0.15) is 9.30 Å². The Morgan fingerprint density at radius 3 is 2.44 bits per heavy atom. The molecule has 0 saturated carbocycles. The summed E-state index contributed by atoms with van der Waals surface area (Å²) < 4.78 is 39.6. The number of sulfonamides is 1. The molecule has 34 heavy (non-hydrogen) atoms. The van der Waals surface area contributed by atoms with Crippen molar-refractivity contribution in [2.24, 2.45) is 4.99 Å². The van der Waals surface area contributed by atoms with Gasteiger partial charge in [-0.3, -0.25) is 9.59 Å². The van der Waals surface area contributed by atoms with Gasteiger partial charge in [0.2, 0.25) is 10.0 Å². The van der Waals surface area contributed by atoms with Crippen LogP contribution in [0.4, 0.5) is 0 Å². The van der Waals surface area contributed by atoms with Crippen LogP contribution < -0.4 is 4.80 Å². The molecule has 0 bridgehead atoms. The first-order valence-corrected chi connectivity index (χ1v) is 12.9. The fraction of sp³-hybridized carbons (Fsp3) is 0.348. The summed E-state index contributed by atoms with van der Waals surface area (Å²) >= 11 is 1.31. The maximum atomic E-state index is 12.9. The fourth-order valence-electron chi connectivity index (χ4n) is 3.87. The number of methoxy groups -OCH3 is 1. The number of ether oxygens (including phenoxy) is 2. The Morgan fingerprint density at radius 1 is 1.12 bits per heavy atom. The second-order valence-electron chi connectivity index (χ2n) is 7.93. The van der Waals surface area contributed by atoms with Crippen molar-refractivity contribution in [1.29, 1.82) is 0 Å². The van der Waals surface area contributed by atoms with E-state index < -0.39 is 21.9 Å². The van der Waals surface area contributed by atoms with Gasteiger partial charge in [0.05, 0.1) is 35.4 Å². The molecule has 1 fully saturated rings. The number of thiazole rings is 1. The largest absolute Gasteiger partial charge is 0.468 e. The third kappa shape index (κ3) is 4.83. The van der Waals surface area contributed by atoms with Gasteiger partial charge in [0, 0.05) is 18.7 Å². The van der Waals surface area contributed by atoms with Crippen LogP contribution in [0.5, 0.6) is 0 Å². The Bertz CT molecular complexity index is 1420. The van der Waals surface area contributed by atoms with Gasteiger partial charge in [-0.05, 0) is 55.3 Å². The highest BCUT2D eigenvalue weighted by Crippen LogP contribution is 2.24. The number of hydrogen-bond acceptors (Lipinski definition) is 7. The van der Waals surface area contributed by atoms with Gasteiger partial charge in [0.15, 0.2) is 4.80 Å². The summed E-state index contributed by atoms with van der Waals surface area (Å²) in [5, 5.41) is 0. The minimum Gasteiger partial charge on any atom is -0.468 e. The maximum Gasteiger partial charge on any atom is 0.325 e. The highest BCUT2D eigenvalue weighted by Gasteiger charge is 2.26. The average Bonchev–Trinajstić information content (AvgIpc) is 3.16. The summed E-state index contributed by atoms with van der Waals surface area (Å²) in [4.78, 5) is 29.7. The molecule has 1 aliphatic rings. The molecule has 180 valence electrons. The Balaban J connectivity index is 1.70. The average molecular weight is 504 g/mol. The molecule has 0 spiro atoms. The summed E-state index contributed by atoms with van der Waals surface area (Å²) in [6.45, 7) is 5.14. The third-order valence-corrected chi connectivity index (χ3v) is 8.47. The highest BCUT2D eigenvalue weighted by atomic mass is 32.2. The second kappa shape index (κ2) is 9.79. The van der Waals surface area contributed by atoms with Crippen molar-refractivity contribution in [1.82, 2.24) is 8.87 Å². The molecule has 1 aliphatic heterocycles. The van der Waals surface area contributed by atoms with E-state index in [0.717, 1.165) is 21.3 Å². The Hall–Kier alpha value is -2.86. The van der Waals surface area contributed by atoms with Crippen molar-refractivity contribution >= 4 is 43.5 Å². The molecule has 4 rings (SSSR count). The lowest BCUT2D eigenvalue weighted by Crippen LogP contribution is -2.40. The Labute approximate surface area is 201 Å². The predicted octanol–water partition coefficient (Wildman–Crippen LogP) is 2.25. The van der Waals surface area contributed by atoms with E-state index in [2.05, 4.69) is 4.99 Å². The van der Waals surface area contributed by atoms with Crippen LogP contribution in [0.25, 0.3) is 10.2 Å². The van der Waals surface area contributed by atoms with Crippen molar-refractivity contribution in [3.05, 3.63) is 57.9 Å². The van der Waals surface area contributed by atoms with Crippen molar-refractivity contribution in [3.63, 3.8) is 0 Å². The van der Waals surface area contributed by atoms with Crippen molar-refractivity contribution in [2.75, 3.05) is 33.4 Å². The molecule has 9 nitrogen and oxygen atoms in total. The number of nitrogens with zero attached hydrogens (tertiary/aromatic N) is 3. The summed E-state index contributed by atoms with van der Waals surface area (Å²) in [6, 6.07) is 9.71. The minimum atomic E-state index is -3.65. The lowest BCUT2D eigenvalue weighted by atomic mass is 10.1. The number of rotatable bonds is 5. The number of aromatic nitrogens is 1. The zero-order chi connectivity index (χ0) is 24.5. The number of aryl methyl sites for hydroxylation is 2. The van der Waals surface area contributed by atoms with Crippen LogP contribution in [0, 0.1) is 13.8 Å². The number of carbonyl (C=O) groups excluding carboxylic acids is 2. The van der Waals surface area contributed by atoms with E-state index in [0.29, 0.717) is 31.1 Å². The van der Waals surface area contributed by atoms with Gasteiger partial charge in [0.25, 0.3) is 5.91 Å². The lowest BCUT2D eigenvalue weighted by Gasteiger charge is -2.26. The Morgan fingerprint density at radius 2 is 1.79 bits per heavy atom. The smallest absolute Gasteiger partial charge is 0.325 e. The number of carbonyl (C=O) groups is 2. The van der Waals surface area contributed by atoms with E-state index in [-0.39, 0.29) is 17.0 Å². The normalized spacial score (nSPS) is 15.6. The minimum absolute atomic E-state index is 0.0801. The van der Waals surface area contributed by atoms with Crippen LogP contribution in [0.1, 0.15) is 21.5 Å². The van der Waals surface area contributed by atoms with E-state index in [1.54, 1.807) is 4.57 Å². The monoisotopic (exact) mass is 503 g/mol. The number of morpholine rings is 1. The first kappa shape index (κ1) is 24.3. The van der Waals surface area contributed by atoms with E-state index in [1.807, 2.05) is 26.0 Å². The van der Waals surface area contributed by atoms with Crippen LogP contribution in [-0.4, -0.2) is 62.6 Å². The van der Waals surface area contributed by atoms with Crippen molar-refractivity contribution in [3.8, 4) is 0 Å². The summed E-state index contributed by atoms with van der Waals surface area (Å²) in [6.07, 6.45) is 0. The molecular formula is C23H25N3O6S2. The number of benzene rings is 2. The van der Waals surface area contributed by atoms with E-state index in [9.17, 15) is 18.0 Å². The third-order valence-electron chi connectivity index (χ3n) is 5.53. The molecule has 0 radical (unpaired) electrons. The van der Waals surface area contributed by atoms with Gasteiger partial charge in [-0.15, -0.1) is 0 Å². The van der Waals surface area contributed by atoms with Gasteiger partial charge in [-0.25, -0.2) is 8.42 Å². The molecule has 1 saturated heterocycles. The first-order chi connectivity index (χ1) is 16.2. The van der Waals surface area contributed by atoms with Crippen LogP contribution >= 0.6 is 11.3 Å². The Kier molecular flexibility index (Phi) is 6.99. The van der Waals surface area contributed by atoms with Crippen LogP contribution in [0.2, 0.25) is 0 Å². The fourth-order valence-corrected chi connectivity index (χ4v) is 6.49. The molecule has 0 N–H and O–H groups in total. The van der Waals surface area contributed by atoms with E-state index in [4.69, 9.17) is 9.47 Å². The quantitative estimate of drug-likeness (QED) is 0.495. The van der Waals surface area contributed by atoms with Gasteiger partial charge in [0.1, 0.15) is 6.54 Å². The number of esters is 1. The zero-order valence-corrected chi connectivity index (χ0v) is 20.7. The zero-order valence-electron chi connectivity index (χ0n) is 19.1.